The summed E-state index contributed by atoms with van der Waals surface area (Å²) in [6, 6.07) is 16.9. The Morgan fingerprint density at radius 2 is 1.68 bits per heavy atom. The van der Waals surface area contributed by atoms with Crippen molar-refractivity contribution in [3.63, 3.8) is 0 Å². The molecule has 1 aliphatic rings. The summed E-state index contributed by atoms with van der Waals surface area (Å²) >= 11 is 6.35. The molecule has 0 radical (unpaired) electrons. The van der Waals surface area contributed by atoms with Crippen molar-refractivity contribution in [1.82, 2.24) is 0 Å². The van der Waals surface area contributed by atoms with Crippen LogP contribution < -0.4 is 14.4 Å². The number of amides is 1. The first-order valence-corrected chi connectivity index (χ1v) is 11.0. The number of aliphatic hydroxyl groups excluding tert-OH is 1. The van der Waals surface area contributed by atoms with Crippen LogP contribution in [0.2, 0.25) is 5.02 Å². The molecule has 1 N–H and O–H groups in total. The van der Waals surface area contributed by atoms with Gasteiger partial charge in [0.2, 0.25) is 0 Å². The molecule has 0 aliphatic carbocycles. The summed E-state index contributed by atoms with van der Waals surface area (Å²) < 4.78 is 10.8. The number of anilines is 1. The molecule has 1 atom stereocenters. The minimum Gasteiger partial charge on any atom is -0.507 e. The van der Waals surface area contributed by atoms with Crippen LogP contribution in [-0.2, 0) is 9.59 Å². The zero-order valence-electron chi connectivity index (χ0n) is 19.3. The van der Waals surface area contributed by atoms with Crippen molar-refractivity contribution in [1.29, 1.82) is 0 Å². The lowest BCUT2D eigenvalue weighted by Gasteiger charge is -2.26. The Morgan fingerprint density at radius 3 is 2.35 bits per heavy atom. The van der Waals surface area contributed by atoms with Crippen molar-refractivity contribution < 1.29 is 24.2 Å². The SMILES string of the molecule is COc1cccc(C2/C(=C(\O)c3cc(C)cc(Cl)c3OC)C(=O)C(=O)N2c2cccc(C)c2)c1. The molecule has 174 valence electrons. The summed E-state index contributed by atoms with van der Waals surface area (Å²) in [5.41, 5.74) is 3.03. The highest BCUT2D eigenvalue weighted by Gasteiger charge is 2.47. The first-order valence-electron chi connectivity index (χ1n) is 10.6. The number of carbonyl (C=O) groups is 2. The normalized spacial score (nSPS) is 17.2. The van der Waals surface area contributed by atoms with Crippen LogP contribution in [0.15, 0.2) is 66.2 Å². The summed E-state index contributed by atoms with van der Waals surface area (Å²) in [7, 11) is 2.97. The van der Waals surface area contributed by atoms with Crippen LogP contribution in [0, 0.1) is 13.8 Å². The molecule has 1 heterocycles. The zero-order valence-corrected chi connectivity index (χ0v) is 20.0. The lowest BCUT2D eigenvalue weighted by molar-refractivity contribution is -0.132. The number of ether oxygens (including phenoxy) is 2. The van der Waals surface area contributed by atoms with Gasteiger partial charge in [-0.05, 0) is 66.9 Å². The molecule has 3 aromatic rings. The summed E-state index contributed by atoms with van der Waals surface area (Å²) in [5, 5.41) is 11.7. The average molecular weight is 478 g/mol. The van der Waals surface area contributed by atoms with E-state index in [4.69, 9.17) is 21.1 Å². The molecule has 1 fully saturated rings. The van der Waals surface area contributed by atoms with Crippen LogP contribution in [-0.4, -0.2) is 31.0 Å². The van der Waals surface area contributed by atoms with Crippen molar-refractivity contribution in [2.24, 2.45) is 0 Å². The maximum Gasteiger partial charge on any atom is 0.300 e. The van der Waals surface area contributed by atoms with E-state index in [9.17, 15) is 14.7 Å². The van der Waals surface area contributed by atoms with Crippen molar-refractivity contribution in [3.8, 4) is 11.5 Å². The molecular weight excluding hydrogens is 454 g/mol. The number of hydrogen-bond acceptors (Lipinski definition) is 5. The first kappa shape index (κ1) is 23.4. The highest BCUT2D eigenvalue weighted by Crippen LogP contribution is 2.45. The van der Waals surface area contributed by atoms with Gasteiger partial charge in [0.15, 0.2) is 0 Å². The molecule has 0 spiro atoms. The van der Waals surface area contributed by atoms with Gasteiger partial charge in [0, 0.05) is 5.69 Å². The molecule has 3 aromatic carbocycles. The number of halogens is 1. The second-order valence-corrected chi connectivity index (χ2v) is 8.52. The van der Waals surface area contributed by atoms with Gasteiger partial charge in [-0.15, -0.1) is 0 Å². The molecule has 1 unspecified atom stereocenters. The Balaban J connectivity index is 2.02. The molecule has 1 amide bonds. The predicted octanol–water partition coefficient (Wildman–Crippen LogP) is 5.60. The average Bonchev–Trinajstić information content (AvgIpc) is 3.08. The lowest BCUT2D eigenvalue weighted by atomic mass is 9.94. The second kappa shape index (κ2) is 9.23. The number of aliphatic hydroxyl groups is 1. The van der Waals surface area contributed by atoms with E-state index in [0.29, 0.717) is 17.0 Å². The third-order valence-electron chi connectivity index (χ3n) is 5.78. The lowest BCUT2D eigenvalue weighted by Crippen LogP contribution is -2.29. The highest BCUT2D eigenvalue weighted by molar-refractivity contribution is 6.51. The van der Waals surface area contributed by atoms with Crippen LogP contribution >= 0.6 is 11.6 Å². The van der Waals surface area contributed by atoms with Crippen molar-refractivity contribution in [2.75, 3.05) is 19.1 Å². The Morgan fingerprint density at radius 1 is 0.941 bits per heavy atom. The summed E-state index contributed by atoms with van der Waals surface area (Å²) in [4.78, 5) is 28.1. The van der Waals surface area contributed by atoms with E-state index in [1.54, 1.807) is 42.5 Å². The van der Waals surface area contributed by atoms with Gasteiger partial charge in [-0.1, -0.05) is 35.9 Å². The molecule has 34 heavy (non-hydrogen) atoms. The van der Waals surface area contributed by atoms with Crippen LogP contribution in [0.3, 0.4) is 0 Å². The van der Waals surface area contributed by atoms with E-state index in [0.717, 1.165) is 11.1 Å². The van der Waals surface area contributed by atoms with Crippen LogP contribution in [0.25, 0.3) is 5.76 Å². The van der Waals surface area contributed by atoms with Gasteiger partial charge in [0.1, 0.15) is 17.3 Å². The molecular formula is C27H24ClNO5. The molecule has 1 aliphatic heterocycles. The quantitative estimate of drug-likeness (QED) is 0.294. The Bertz CT molecular complexity index is 1330. The Labute approximate surface area is 203 Å². The largest absolute Gasteiger partial charge is 0.507 e. The molecule has 7 heteroatoms. The first-order chi connectivity index (χ1) is 16.3. The molecule has 4 rings (SSSR count). The highest BCUT2D eigenvalue weighted by atomic mass is 35.5. The predicted molar refractivity (Wildman–Crippen MR) is 132 cm³/mol. The van der Waals surface area contributed by atoms with Gasteiger partial charge in [-0.2, -0.15) is 0 Å². The minimum atomic E-state index is -0.888. The molecule has 6 nitrogen and oxygen atoms in total. The monoisotopic (exact) mass is 477 g/mol. The Hall–Kier alpha value is -3.77. The number of benzene rings is 3. The fourth-order valence-electron chi connectivity index (χ4n) is 4.26. The van der Waals surface area contributed by atoms with Gasteiger partial charge in [-0.25, -0.2) is 0 Å². The van der Waals surface area contributed by atoms with E-state index >= 15 is 0 Å². The zero-order chi connectivity index (χ0) is 24.6. The number of hydrogen-bond donors (Lipinski definition) is 1. The molecule has 1 saturated heterocycles. The van der Waals surface area contributed by atoms with E-state index in [-0.39, 0.29) is 27.7 Å². The van der Waals surface area contributed by atoms with E-state index in [1.165, 1.54) is 19.1 Å². The standard InChI is InChI=1S/C27H24ClNO5/c1-15-7-5-9-18(11-15)29-23(17-8-6-10-19(14-17)33-3)22(25(31)27(29)32)24(30)20-12-16(2)13-21(28)26(20)34-4/h5-14,23,30H,1-4H3/b24-22+. The van der Waals surface area contributed by atoms with Gasteiger partial charge >= 0.3 is 0 Å². The van der Waals surface area contributed by atoms with Crippen LogP contribution in [0.4, 0.5) is 5.69 Å². The van der Waals surface area contributed by atoms with Crippen molar-refractivity contribution >= 4 is 34.7 Å². The number of methoxy groups -OCH3 is 2. The van der Waals surface area contributed by atoms with Crippen LogP contribution in [0.1, 0.15) is 28.3 Å². The summed E-state index contributed by atoms with van der Waals surface area (Å²) in [6.07, 6.45) is 0. The third kappa shape index (κ3) is 4.01. The van der Waals surface area contributed by atoms with Gasteiger partial charge in [-0.3, -0.25) is 14.5 Å². The van der Waals surface area contributed by atoms with Gasteiger partial charge < -0.3 is 14.6 Å². The van der Waals surface area contributed by atoms with E-state index < -0.39 is 17.7 Å². The molecule has 0 aromatic heterocycles. The fourth-order valence-corrected chi connectivity index (χ4v) is 4.61. The third-order valence-corrected chi connectivity index (χ3v) is 6.06. The Kier molecular flexibility index (Phi) is 6.35. The smallest absolute Gasteiger partial charge is 0.300 e. The van der Waals surface area contributed by atoms with Crippen molar-refractivity contribution in [3.05, 3.63) is 93.5 Å². The van der Waals surface area contributed by atoms with E-state index in [2.05, 4.69) is 0 Å². The number of Topliss-reactive ketones (excluding diaryl/α,β-unsaturated/α-hetero) is 1. The number of aryl methyl sites for hydroxylation is 2. The van der Waals surface area contributed by atoms with Crippen molar-refractivity contribution in [2.45, 2.75) is 19.9 Å². The van der Waals surface area contributed by atoms with Gasteiger partial charge in [0.05, 0.1) is 36.4 Å². The summed E-state index contributed by atoms with van der Waals surface area (Å²) in [5.74, 6) is -1.12. The maximum atomic E-state index is 13.4. The molecule has 0 bridgehead atoms. The maximum absolute atomic E-state index is 13.4. The van der Waals surface area contributed by atoms with Gasteiger partial charge in [0.25, 0.3) is 11.7 Å². The van der Waals surface area contributed by atoms with E-state index in [1.807, 2.05) is 32.0 Å². The van der Waals surface area contributed by atoms with Crippen LogP contribution in [0.5, 0.6) is 11.5 Å². The number of carbonyl (C=O) groups excluding carboxylic acids is 2. The second-order valence-electron chi connectivity index (χ2n) is 8.11. The number of ketones is 1. The summed E-state index contributed by atoms with van der Waals surface area (Å²) in [6.45, 7) is 3.72. The number of nitrogens with zero attached hydrogens (tertiary/aromatic N) is 1. The topological polar surface area (TPSA) is 76.1 Å². The number of rotatable bonds is 5. The fraction of sp³-hybridized carbons (Fsp3) is 0.185. The minimum absolute atomic E-state index is 0.0558. The molecule has 0 saturated carbocycles.